The van der Waals surface area contributed by atoms with Gasteiger partial charge in [0, 0.05) is 23.3 Å². The lowest BCUT2D eigenvalue weighted by atomic mass is 9.77. The molecule has 1 aliphatic heterocycles. The third kappa shape index (κ3) is 3.53. The molecule has 1 aromatic heterocycles. The minimum absolute atomic E-state index is 0.316. The van der Waals surface area contributed by atoms with E-state index in [1.807, 2.05) is 13.0 Å². The first-order chi connectivity index (χ1) is 11.5. The van der Waals surface area contributed by atoms with E-state index >= 15 is 0 Å². The SMILES string of the molecule is CCCOC(=O)C1=C(C)N=C(C)C(C(=O)OC)C1c1ccccn1. The second kappa shape index (κ2) is 7.86. The minimum atomic E-state index is -0.697. The molecular weight excluding hydrogens is 308 g/mol. The fraction of sp³-hybridized carbons (Fsp3) is 0.444. The van der Waals surface area contributed by atoms with Gasteiger partial charge in [0.25, 0.3) is 0 Å². The maximum atomic E-state index is 12.6. The number of hydrogen-bond acceptors (Lipinski definition) is 6. The highest BCUT2D eigenvalue weighted by molar-refractivity contribution is 6.06. The van der Waals surface area contributed by atoms with Gasteiger partial charge in [0.1, 0.15) is 5.92 Å². The van der Waals surface area contributed by atoms with Crippen molar-refractivity contribution in [2.45, 2.75) is 33.1 Å². The average Bonchev–Trinajstić information content (AvgIpc) is 2.59. The van der Waals surface area contributed by atoms with Crippen LogP contribution in [-0.4, -0.2) is 36.4 Å². The van der Waals surface area contributed by atoms with E-state index in [1.165, 1.54) is 7.11 Å². The molecule has 0 saturated carbocycles. The predicted octanol–water partition coefficient (Wildman–Crippen LogP) is 2.66. The average molecular weight is 330 g/mol. The molecule has 128 valence electrons. The number of aromatic nitrogens is 1. The molecule has 0 N–H and O–H groups in total. The number of ether oxygens (including phenoxy) is 2. The Bertz CT molecular complexity index is 680. The minimum Gasteiger partial charge on any atom is -0.468 e. The van der Waals surface area contributed by atoms with Crippen molar-refractivity contribution >= 4 is 17.7 Å². The lowest BCUT2D eigenvalue weighted by Crippen LogP contribution is -2.36. The monoisotopic (exact) mass is 330 g/mol. The first-order valence-electron chi connectivity index (χ1n) is 7.93. The molecule has 0 amide bonds. The van der Waals surface area contributed by atoms with Crippen molar-refractivity contribution in [1.82, 2.24) is 4.98 Å². The Hall–Kier alpha value is -2.50. The van der Waals surface area contributed by atoms with Gasteiger partial charge in [-0.1, -0.05) is 13.0 Å². The Labute approximate surface area is 141 Å². The van der Waals surface area contributed by atoms with Gasteiger partial charge in [-0.3, -0.25) is 14.8 Å². The summed E-state index contributed by atoms with van der Waals surface area (Å²) >= 11 is 0. The molecule has 0 aliphatic carbocycles. The number of allylic oxidation sites excluding steroid dienone is 1. The van der Waals surface area contributed by atoms with Gasteiger partial charge < -0.3 is 9.47 Å². The number of rotatable bonds is 5. The number of pyridine rings is 1. The van der Waals surface area contributed by atoms with Crippen molar-refractivity contribution in [1.29, 1.82) is 0 Å². The molecule has 1 aromatic rings. The molecule has 0 saturated heterocycles. The molecule has 6 heteroatoms. The van der Waals surface area contributed by atoms with E-state index in [0.29, 0.717) is 29.3 Å². The number of carbonyl (C=O) groups excluding carboxylic acids is 2. The van der Waals surface area contributed by atoms with Crippen molar-refractivity contribution in [2.75, 3.05) is 13.7 Å². The summed E-state index contributed by atoms with van der Waals surface area (Å²) in [6.45, 7) is 5.74. The smallest absolute Gasteiger partial charge is 0.336 e. The molecule has 0 fully saturated rings. The van der Waals surface area contributed by atoms with Gasteiger partial charge in [0.05, 0.1) is 25.2 Å². The van der Waals surface area contributed by atoms with Crippen LogP contribution in [0.4, 0.5) is 0 Å². The molecule has 6 nitrogen and oxygen atoms in total. The predicted molar refractivity (Wildman–Crippen MR) is 89.5 cm³/mol. The highest BCUT2D eigenvalue weighted by Gasteiger charge is 2.42. The molecular formula is C18H22N2O4. The summed E-state index contributed by atoms with van der Waals surface area (Å²) in [7, 11) is 1.32. The van der Waals surface area contributed by atoms with Crippen molar-refractivity contribution in [3.8, 4) is 0 Å². The molecule has 2 atom stereocenters. The van der Waals surface area contributed by atoms with Gasteiger partial charge in [-0.25, -0.2) is 4.79 Å². The third-order valence-corrected chi connectivity index (χ3v) is 3.95. The second-order valence-corrected chi connectivity index (χ2v) is 5.62. The summed E-state index contributed by atoms with van der Waals surface area (Å²) in [5.74, 6) is -2.17. The van der Waals surface area contributed by atoms with E-state index in [0.717, 1.165) is 6.42 Å². The first-order valence-corrected chi connectivity index (χ1v) is 7.93. The Morgan fingerprint density at radius 1 is 1.25 bits per heavy atom. The highest BCUT2D eigenvalue weighted by atomic mass is 16.5. The fourth-order valence-electron chi connectivity index (χ4n) is 2.89. The summed E-state index contributed by atoms with van der Waals surface area (Å²) in [6, 6.07) is 5.40. The molecule has 0 spiro atoms. The van der Waals surface area contributed by atoms with Gasteiger partial charge in [-0.15, -0.1) is 0 Å². The zero-order valence-corrected chi connectivity index (χ0v) is 14.4. The van der Waals surface area contributed by atoms with Crippen LogP contribution in [0.3, 0.4) is 0 Å². The topological polar surface area (TPSA) is 77.8 Å². The standard InChI is InChI=1S/C18H22N2O4/c1-5-10-24-18(22)15-12(3)20-11(2)14(17(21)23-4)16(15)13-8-6-7-9-19-13/h6-9,14,16H,5,10H2,1-4H3. The number of hydrogen-bond donors (Lipinski definition) is 0. The normalized spacial score (nSPS) is 20.4. The van der Waals surface area contributed by atoms with Gasteiger partial charge in [0.15, 0.2) is 0 Å². The molecule has 2 unspecified atom stereocenters. The van der Waals surface area contributed by atoms with Crippen LogP contribution in [0.1, 0.15) is 38.8 Å². The molecule has 2 heterocycles. The summed E-state index contributed by atoms with van der Waals surface area (Å²) in [4.78, 5) is 33.7. The van der Waals surface area contributed by atoms with Crippen molar-refractivity contribution < 1.29 is 19.1 Å². The van der Waals surface area contributed by atoms with Crippen LogP contribution >= 0.6 is 0 Å². The Morgan fingerprint density at radius 3 is 2.58 bits per heavy atom. The molecule has 0 radical (unpaired) electrons. The van der Waals surface area contributed by atoms with Crippen LogP contribution in [0, 0.1) is 5.92 Å². The molecule has 1 aliphatic rings. The maximum absolute atomic E-state index is 12.6. The van der Waals surface area contributed by atoms with Crippen LogP contribution in [0.25, 0.3) is 0 Å². The number of carbonyl (C=O) groups is 2. The van der Waals surface area contributed by atoms with Crippen molar-refractivity contribution in [3.05, 3.63) is 41.4 Å². The Morgan fingerprint density at radius 2 is 2.00 bits per heavy atom. The fourth-order valence-corrected chi connectivity index (χ4v) is 2.89. The quantitative estimate of drug-likeness (QED) is 0.776. The van der Waals surface area contributed by atoms with Gasteiger partial charge in [-0.2, -0.15) is 0 Å². The summed E-state index contributed by atoms with van der Waals surface area (Å²) in [5.41, 5.74) is 2.12. The Balaban J connectivity index is 2.56. The van der Waals surface area contributed by atoms with Crippen LogP contribution in [0.5, 0.6) is 0 Å². The number of aliphatic imine (C=N–C) groups is 1. The molecule has 0 aromatic carbocycles. The van der Waals surface area contributed by atoms with E-state index in [1.54, 1.807) is 32.2 Å². The van der Waals surface area contributed by atoms with Crippen LogP contribution in [0.2, 0.25) is 0 Å². The van der Waals surface area contributed by atoms with E-state index in [9.17, 15) is 9.59 Å². The number of nitrogens with zero attached hydrogens (tertiary/aromatic N) is 2. The van der Waals surface area contributed by atoms with E-state index in [4.69, 9.17) is 9.47 Å². The number of esters is 2. The third-order valence-electron chi connectivity index (χ3n) is 3.95. The maximum Gasteiger partial charge on any atom is 0.336 e. The van der Waals surface area contributed by atoms with E-state index < -0.39 is 23.8 Å². The largest absolute Gasteiger partial charge is 0.468 e. The lowest BCUT2D eigenvalue weighted by molar-refractivity contribution is -0.144. The van der Waals surface area contributed by atoms with Crippen LogP contribution in [0.15, 0.2) is 40.7 Å². The zero-order chi connectivity index (χ0) is 17.7. The van der Waals surface area contributed by atoms with Crippen LogP contribution in [-0.2, 0) is 19.1 Å². The van der Waals surface area contributed by atoms with Crippen LogP contribution < -0.4 is 0 Å². The van der Waals surface area contributed by atoms with Crippen molar-refractivity contribution in [2.24, 2.45) is 10.9 Å². The highest BCUT2D eigenvalue weighted by Crippen LogP contribution is 2.39. The van der Waals surface area contributed by atoms with Gasteiger partial charge >= 0.3 is 11.9 Å². The Kier molecular flexibility index (Phi) is 5.84. The zero-order valence-electron chi connectivity index (χ0n) is 14.4. The van der Waals surface area contributed by atoms with E-state index in [2.05, 4.69) is 9.98 Å². The summed E-state index contributed by atoms with van der Waals surface area (Å²) in [6.07, 6.45) is 2.35. The lowest BCUT2D eigenvalue weighted by Gasteiger charge is -2.30. The summed E-state index contributed by atoms with van der Waals surface area (Å²) in [5, 5.41) is 0. The molecule has 2 rings (SSSR count). The van der Waals surface area contributed by atoms with E-state index in [-0.39, 0.29) is 0 Å². The van der Waals surface area contributed by atoms with Crippen molar-refractivity contribution in [3.63, 3.8) is 0 Å². The first kappa shape index (κ1) is 17.8. The molecule has 0 bridgehead atoms. The summed E-state index contributed by atoms with van der Waals surface area (Å²) < 4.78 is 10.2. The van der Waals surface area contributed by atoms with Gasteiger partial charge in [0.2, 0.25) is 0 Å². The second-order valence-electron chi connectivity index (χ2n) is 5.62. The number of methoxy groups -OCH3 is 1. The molecule has 24 heavy (non-hydrogen) atoms. The van der Waals surface area contributed by atoms with Gasteiger partial charge in [-0.05, 0) is 32.4 Å².